The molecule has 0 amide bonds. The van der Waals surface area contributed by atoms with Gasteiger partial charge in [0.2, 0.25) is 0 Å². The van der Waals surface area contributed by atoms with Crippen LogP contribution >= 0.6 is 15.9 Å². The van der Waals surface area contributed by atoms with E-state index in [1.54, 1.807) is 14.0 Å². The SMILES string of the molecule is CC(C(N)c1c(Br)nnn1C)S(C)(=O)=O. The second-order valence-corrected chi connectivity index (χ2v) is 6.60. The standard InChI is InChI=1S/C7H13BrN4O2S/c1-4(15(3,13)14)5(9)6-7(8)10-11-12(6)2/h4-5H,9H2,1-3H3. The molecule has 2 unspecified atom stereocenters. The minimum absolute atomic E-state index is 0.480. The molecule has 0 radical (unpaired) electrons. The van der Waals surface area contributed by atoms with Gasteiger partial charge in [-0.1, -0.05) is 5.21 Å². The minimum Gasteiger partial charge on any atom is -0.322 e. The van der Waals surface area contributed by atoms with Crippen molar-refractivity contribution in [3.8, 4) is 0 Å². The molecule has 86 valence electrons. The molecule has 0 aliphatic carbocycles. The van der Waals surface area contributed by atoms with Crippen molar-refractivity contribution in [2.75, 3.05) is 6.26 Å². The van der Waals surface area contributed by atoms with Crippen molar-refractivity contribution in [2.45, 2.75) is 18.2 Å². The number of aromatic nitrogens is 3. The monoisotopic (exact) mass is 296 g/mol. The van der Waals surface area contributed by atoms with Crippen molar-refractivity contribution >= 4 is 25.8 Å². The number of nitrogens with two attached hydrogens (primary N) is 1. The third kappa shape index (κ3) is 2.56. The van der Waals surface area contributed by atoms with E-state index in [2.05, 4.69) is 26.2 Å². The molecular formula is C7H13BrN4O2S. The maximum absolute atomic E-state index is 11.3. The lowest BCUT2D eigenvalue weighted by Gasteiger charge is -2.18. The molecule has 0 bridgehead atoms. The van der Waals surface area contributed by atoms with Gasteiger partial charge in [-0.3, -0.25) is 0 Å². The summed E-state index contributed by atoms with van der Waals surface area (Å²) >= 11 is 3.18. The van der Waals surface area contributed by atoms with Crippen LogP contribution in [0.1, 0.15) is 18.7 Å². The van der Waals surface area contributed by atoms with Crippen LogP contribution < -0.4 is 5.73 Å². The van der Waals surface area contributed by atoms with Crippen molar-refractivity contribution in [3.05, 3.63) is 10.3 Å². The fourth-order valence-corrected chi connectivity index (χ4v) is 2.43. The quantitative estimate of drug-likeness (QED) is 0.848. The van der Waals surface area contributed by atoms with Gasteiger partial charge in [0, 0.05) is 13.3 Å². The van der Waals surface area contributed by atoms with Crippen molar-refractivity contribution in [3.63, 3.8) is 0 Å². The van der Waals surface area contributed by atoms with Crippen LogP contribution in [-0.4, -0.2) is 34.9 Å². The molecule has 2 atom stereocenters. The molecular weight excluding hydrogens is 284 g/mol. The number of nitrogens with zero attached hydrogens (tertiary/aromatic N) is 3. The Balaban J connectivity index is 3.10. The molecule has 15 heavy (non-hydrogen) atoms. The summed E-state index contributed by atoms with van der Waals surface area (Å²) in [6.45, 7) is 1.57. The number of aryl methyl sites for hydroxylation is 1. The molecule has 1 rings (SSSR count). The summed E-state index contributed by atoms with van der Waals surface area (Å²) in [7, 11) is -1.51. The van der Waals surface area contributed by atoms with Gasteiger partial charge >= 0.3 is 0 Å². The summed E-state index contributed by atoms with van der Waals surface area (Å²) in [6.07, 6.45) is 1.16. The second kappa shape index (κ2) is 4.18. The topological polar surface area (TPSA) is 90.9 Å². The normalized spacial score (nSPS) is 16.3. The van der Waals surface area contributed by atoms with Gasteiger partial charge in [-0.05, 0) is 22.9 Å². The number of halogens is 1. The van der Waals surface area contributed by atoms with Crippen molar-refractivity contribution < 1.29 is 8.42 Å². The Morgan fingerprint density at radius 2 is 2.07 bits per heavy atom. The number of hydrogen-bond donors (Lipinski definition) is 1. The van der Waals surface area contributed by atoms with E-state index in [0.717, 1.165) is 6.26 Å². The predicted octanol–water partition coefficient (Wildman–Crippen LogP) is 0.0105. The largest absolute Gasteiger partial charge is 0.322 e. The van der Waals surface area contributed by atoms with Gasteiger partial charge in [0.15, 0.2) is 14.4 Å². The highest BCUT2D eigenvalue weighted by atomic mass is 79.9. The Hall–Kier alpha value is -0.470. The molecule has 1 aromatic heterocycles. The zero-order valence-corrected chi connectivity index (χ0v) is 11.1. The highest BCUT2D eigenvalue weighted by Gasteiger charge is 2.28. The first-order chi connectivity index (χ1) is 6.75. The van der Waals surface area contributed by atoms with Gasteiger partial charge < -0.3 is 5.73 Å². The van der Waals surface area contributed by atoms with Crippen molar-refractivity contribution in [2.24, 2.45) is 12.8 Å². The Morgan fingerprint density at radius 1 is 1.53 bits per heavy atom. The number of hydrogen-bond acceptors (Lipinski definition) is 5. The van der Waals surface area contributed by atoms with Crippen LogP contribution in [0.25, 0.3) is 0 Å². The maximum Gasteiger partial charge on any atom is 0.153 e. The van der Waals surface area contributed by atoms with Gasteiger partial charge in [0.05, 0.1) is 17.0 Å². The molecule has 0 aliphatic rings. The highest BCUT2D eigenvalue weighted by molar-refractivity contribution is 9.10. The summed E-state index contributed by atoms with van der Waals surface area (Å²) in [5.74, 6) is 0. The summed E-state index contributed by atoms with van der Waals surface area (Å²) in [5.41, 5.74) is 6.44. The highest BCUT2D eigenvalue weighted by Crippen LogP contribution is 2.23. The van der Waals surface area contributed by atoms with Crippen LogP contribution in [0.5, 0.6) is 0 Å². The Labute approximate surface area is 96.9 Å². The lowest BCUT2D eigenvalue weighted by Crippen LogP contribution is -2.32. The molecule has 0 aromatic carbocycles. The zero-order chi connectivity index (χ0) is 11.8. The van der Waals surface area contributed by atoms with E-state index in [1.807, 2.05) is 0 Å². The van der Waals surface area contributed by atoms with Gasteiger partial charge in [0.1, 0.15) is 0 Å². The first kappa shape index (κ1) is 12.6. The summed E-state index contributed by atoms with van der Waals surface area (Å²) in [6, 6.07) is -0.644. The second-order valence-electron chi connectivity index (χ2n) is 3.45. The van der Waals surface area contributed by atoms with E-state index in [9.17, 15) is 8.42 Å². The van der Waals surface area contributed by atoms with Gasteiger partial charge in [-0.25, -0.2) is 13.1 Å². The lowest BCUT2D eigenvalue weighted by molar-refractivity contribution is 0.551. The van der Waals surface area contributed by atoms with Gasteiger partial charge in [-0.15, -0.1) is 5.10 Å². The average Bonchev–Trinajstić information content (AvgIpc) is 2.42. The molecule has 0 fully saturated rings. The Kier molecular flexibility index (Phi) is 3.51. The molecule has 0 saturated heterocycles. The molecule has 0 spiro atoms. The fourth-order valence-electron chi connectivity index (χ4n) is 1.18. The molecule has 2 N–H and O–H groups in total. The molecule has 8 heteroatoms. The van der Waals surface area contributed by atoms with Gasteiger partial charge in [-0.2, -0.15) is 0 Å². The van der Waals surface area contributed by atoms with Crippen molar-refractivity contribution in [1.82, 2.24) is 15.0 Å². The maximum atomic E-state index is 11.3. The van der Waals surface area contributed by atoms with E-state index in [-0.39, 0.29) is 0 Å². The third-order valence-corrected chi connectivity index (χ3v) is 4.53. The minimum atomic E-state index is -3.18. The van der Waals surface area contributed by atoms with E-state index < -0.39 is 21.1 Å². The molecule has 0 saturated carbocycles. The number of sulfone groups is 1. The fraction of sp³-hybridized carbons (Fsp3) is 0.714. The Morgan fingerprint density at radius 3 is 2.40 bits per heavy atom. The summed E-state index contributed by atoms with van der Waals surface area (Å²) < 4.78 is 24.6. The van der Waals surface area contributed by atoms with E-state index in [4.69, 9.17) is 5.73 Å². The van der Waals surface area contributed by atoms with Crippen LogP contribution in [0.15, 0.2) is 4.60 Å². The smallest absolute Gasteiger partial charge is 0.153 e. The number of rotatable bonds is 3. The average molecular weight is 297 g/mol. The van der Waals surface area contributed by atoms with Crippen LogP contribution in [0, 0.1) is 0 Å². The molecule has 1 aromatic rings. The summed E-state index contributed by atoms with van der Waals surface area (Å²) in [5, 5.41) is 6.83. The first-order valence-electron chi connectivity index (χ1n) is 4.24. The lowest BCUT2D eigenvalue weighted by atomic mass is 10.2. The summed E-state index contributed by atoms with van der Waals surface area (Å²) in [4.78, 5) is 0. The molecule has 6 nitrogen and oxygen atoms in total. The predicted molar refractivity (Wildman–Crippen MR) is 59.9 cm³/mol. The Bertz CT molecular complexity index is 436. The molecule has 1 heterocycles. The third-order valence-electron chi connectivity index (χ3n) is 2.32. The van der Waals surface area contributed by atoms with Crippen LogP contribution in [0.4, 0.5) is 0 Å². The van der Waals surface area contributed by atoms with Crippen molar-refractivity contribution in [1.29, 1.82) is 0 Å². The molecule has 0 aliphatic heterocycles. The van der Waals surface area contributed by atoms with Crippen LogP contribution in [-0.2, 0) is 16.9 Å². The van der Waals surface area contributed by atoms with Crippen LogP contribution in [0.3, 0.4) is 0 Å². The van der Waals surface area contributed by atoms with E-state index >= 15 is 0 Å². The van der Waals surface area contributed by atoms with Crippen LogP contribution in [0.2, 0.25) is 0 Å². The van der Waals surface area contributed by atoms with Gasteiger partial charge in [0.25, 0.3) is 0 Å². The van der Waals surface area contributed by atoms with E-state index in [0.29, 0.717) is 10.3 Å². The first-order valence-corrected chi connectivity index (χ1v) is 6.99. The van der Waals surface area contributed by atoms with E-state index in [1.165, 1.54) is 4.68 Å². The zero-order valence-electron chi connectivity index (χ0n) is 8.68.